The van der Waals surface area contributed by atoms with Crippen molar-refractivity contribution in [1.82, 2.24) is 9.97 Å². The largest absolute Gasteiger partial charge is 0.264 e. The number of halogens is 1. The summed E-state index contributed by atoms with van der Waals surface area (Å²) in [5.41, 5.74) is 1.06. The molecule has 0 radical (unpaired) electrons. The van der Waals surface area contributed by atoms with E-state index in [4.69, 9.17) is 11.6 Å². The van der Waals surface area contributed by atoms with Gasteiger partial charge in [-0.05, 0) is 6.07 Å². The zero-order valence-corrected chi connectivity index (χ0v) is 7.64. The van der Waals surface area contributed by atoms with Crippen LogP contribution in [0.5, 0.6) is 0 Å². The molecule has 0 saturated heterocycles. The van der Waals surface area contributed by atoms with E-state index in [1.807, 2.05) is 12.1 Å². The Morgan fingerprint density at radius 3 is 2.83 bits per heavy atom. The smallest absolute Gasteiger partial charge is 0.184 e. The average Bonchev–Trinajstić information content (AvgIpc) is 2.54. The number of thiazole rings is 1. The van der Waals surface area contributed by atoms with Crippen molar-refractivity contribution in [3.05, 3.63) is 35.2 Å². The lowest BCUT2D eigenvalue weighted by Gasteiger charge is -1.91. The van der Waals surface area contributed by atoms with Crippen molar-refractivity contribution in [2.75, 3.05) is 0 Å². The topological polar surface area (TPSA) is 25.8 Å². The van der Waals surface area contributed by atoms with Gasteiger partial charge in [-0.25, -0.2) is 4.98 Å². The highest BCUT2D eigenvalue weighted by Crippen LogP contribution is 2.27. The van der Waals surface area contributed by atoms with Crippen LogP contribution in [0.1, 0.15) is 0 Å². The Morgan fingerprint density at radius 1 is 1.33 bits per heavy atom. The van der Waals surface area contributed by atoms with Gasteiger partial charge in [-0.2, -0.15) is 0 Å². The highest BCUT2D eigenvalue weighted by Gasteiger charge is 2.00. The summed E-state index contributed by atoms with van der Waals surface area (Å²) >= 11 is 7.15. The van der Waals surface area contributed by atoms with Crippen LogP contribution in [0, 0.1) is 0 Å². The molecule has 0 aromatic carbocycles. The summed E-state index contributed by atoms with van der Waals surface area (Å²) in [5.74, 6) is 0. The second-order valence-corrected chi connectivity index (χ2v) is 3.83. The Balaban J connectivity index is 2.45. The molecule has 4 heteroatoms. The van der Waals surface area contributed by atoms with Crippen LogP contribution >= 0.6 is 22.9 Å². The third-order valence-corrected chi connectivity index (χ3v) is 2.59. The van der Waals surface area contributed by atoms with Gasteiger partial charge in [0.1, 0.15) is 0 Å². The second-order valence-electron chi connectivity index (χ2n) is 2.22. The van der Waals surface area contributed by atoms with E-state index in [1.54, 1.807) is 18.6 Å². The number of nitrogens with zero attached hydrogens (tertiary/aromatic N) is 2. The SMILES string of the molecule is Clc1ncc(-c2cccnc2)s1. The van der Waals surface area contributed by atoms with Gasteiger partial charge in [0.05, 0.1) is 4.88 Å². The minimum Gasteiger partial charge on any atom is -0.264 e. The third-order valence-electron chi connectivity index (χ3n) is 1.42. The summed E-state index contributed by atoms with van der Waals surface area (Å²) in [4.78, 5) is 9.00. The fourth-order valence-corrected chi connectivity index (χ4v) is 1.82. The van der Waals surface area contributed by atoms with E-state index in [-0.39, 0.29) is 0 Å². The van der Waals surface area contributed by atoms with Crippen molar-refractivity contribution in [1.29, 1.82) is 0 Å². The molecule has 0 aliphatic heterocycles. The molecule has 2 aromatic heterocycles. The van der Waals surface area contributed by atoms with Crippen LogP contribution < -0.4 is 0 Å². The van der Waals surface area contributed by atoms with E-state index in [0.717, 1.165) is 10.4 Å². The normalized spacial score (nSPS) is 10.1. The fraction of sp³-hybridized carbons (Fsp3) is 0. The van der Waals surface area contributed by atoms with Crippen LogP contribution in [0.3, 0.4) is 0 Å². The van der Waals surface area contributed by atoms with E-state index < -0.39 is 0 Å². The lowest BCUT2D eigenvalue weighted by atomic mass is 10.3. The molecule has 0 spiro atoms. The van der Waals surface area contributed by atoms with Gasteiger partial charge in [0.15, 0.2) is 4.47 Å². The maximum absolute atomic E-state index is 5.70. The molecule has 0 fully saturated rings. The maximum atomic E-state index is 5.70. The number of hydrogen-bond donors (Lipinski definition) is 0. The molecule has 12 heavy (non-hydrogen) atoms. The van der Waals surface area contributed by atoms with E-state index in [1.165, 1.54) is 11.3 Å². The van der Waals surface area contributed by atoms with Crippen molar-refractivity contribution in [3.63, 3.8) is 0 Å². The molecule has 0 saturated carbocycles. The molecule has 0 unspecified atom stereocenters. The van der Waals surface area contributed by atoms with E-state index in [9.17, 15) is 0 Å². The molecule has 60 valence electrons. The van der Waals surface area contributed by atoms with Gasteiger partial charge in [0, 0.05) is 24.2 Å². The van der Waals surface area contributed by atoms with Crippen molar-refractivity contribution in [2.45, 2.75) is 0 Å². The minimum atomic E-state index is 0.564. The first kappa shape index (κ1) is 7.71. The first-order chi connectivity index (χ1) is 5.86. The minimum absolute atomic E-state index is 0.564. The van der Waals surface area contributed by atoms with Crippen LogP contribution in [0.4, 0.5) is 0 Å². The number of pyridine rings is 1. The summed E-state index contributed by atoms with van der Waals surface area (Å²) in [6.45, 7) is 0. The molecular formula is C8H5ClN2S. The molecule has 2 rings (SSSR count). The molecule has 2 heterocycles. The summed E-state index contributed by atoms with van der Waals surface area (Å²) in [6.07, 6.45) is 5.29. The Kier molecular flexibility index (Phi) is 2.06. The number of aromatic nitrogens is 2. The van der Waals surface area contributed by atoms with Gasteiger partial charge in [0.25, 0.3) is 0 Å². The van der Waals surface area contributed by atoms with E-state index >= 15 is 0 Å². The Hall–Kier alpha value is -0.930. The van der Waals surface area contributed by atoms with Crippen LogP contribution in [0.25, 0.3) is 10.4 Å². The lowest BCUT2D eigenvalue weighted by molar-refractivity contribution is 1.33. The summed E-state index contributed by atoms with van der Waals surface area (Å²) < 4.78 is 0.564. The highest BCUT2D eigenvalue weighted by molar-refractivity contribution is 7.18. The van der Waals surface area contributed by atoms with Crippen molar-refractivity contribution < 1.29 is 0 Å². The summed E-state index contributed by atoms with van der Waals surface area (Å²) in [7, 11) is 0. The summed E-state index contributed by atoms with van der Waals surface area (Å²) in [5, 5.41) is 0. The fourth-order valence-electron chi connectivity index (χ4n) is 0.895. The monoisotopic (exact) mass is 196 g/mol. The van der Waals surface area contributed by atoms with E-state index in [2.05, 4.69) is 9.97 Å². The molecule has 0 aliphatic rings. The maximum Gasteiger partial charge on any atom is 0.184 e. The zero-order valence-electron chi connectivity index (χ0n) is 6.07. The lowest BCUT2D eigenvalue weighted by Crippen LogP contribution is -1.72. The molecule has 0 N–H and O–H groups in total. The van der Waals surface area contributed by atoms with Gasteiger partial charge < -0.3 is 0 Å². The van der Waals surface area contributed by atoms with Crippen LogP contribution in [-0.4, -0.2) is 9.97 Å². The van der Waals surface area contributed by atoms with E-state index in [0.29, 0.717) is 4.47 Å². The average molecular weight is 197 g/mol. The summed E-state index contributed by atoms with van der Waals surface area (Å²) in [6, 6.07) is 3.87. The van der Waals surface area contributed by atoms with Gasteiger partial charge >= 0.3 is 0 Å². The van der Waals surface area contributed by atoms with Crippen LogP contribution in [0.15, 0.2) is 30.7 Å². The standard InChI is InChI=1S/C8H5ClN2S/c9-8-11-5-7(12-8)6-2-1-3-10-4-6/h1-5H. The molecule has 0 bridgehead atoms. The zero-order chi connectivity index (χ0) is 8.39. The van der Waals surface area contributed by atoms with Gasteiger partial charge in [-0.15, -0.1) is 11.3 Å². The van der Waals surface area contributed by atoms with Crippen LogP contribution in [0.2, 0.25) is 4.47 Å². The Labute approximate surface area is 78.9 Å². The second kappa shape index (κ2) is 3.21. The van der Waals surface area contributed by atoms with Gasteiger partial charge in [-0.3, -0.25) is 4.98 Å². The first-order valence-corrected chi connectivity index (χ1v) is 4.57. The molecule has 2 nitrogen and oxygen atoms in total. The molecule has 0 atom stereocenters. The van der Waals surface area contributed by atoms with Crippen molar-refractivity contribution in [2.24, 2.45) is 0 Å². The predicted molar refractivity (Wildman–Crippen MR) is 50.4 cm³/mol. The predicted octanol–water partition coefficient (Wildman–Crippen LogP) is 2.86. The van der Waals surface area contributed by atoms with Crippen molar-refractivity contribution in [3.8, 4) is 10.4 Å². The molecule has 0 amide bonds. The first-order valence-electron chi connectivity index (χ1n) is 3.38. The number of hydrogen-bond acceptors (Lipinski definition) is 3. The number of rotatable bonds is 1. The van der Waals surface area contributed by atoms with Gasteiger partial charge in [0.2, 0.25) is 0 Å². The Morgan fingerprint density at radius 2 is 2.25 bits per heavy atom. The van der Waals surface area contributed by atoms with Crippen molar-refractivity contribution >= 4 is 22.9 Å². The molecule has 2 aromatic rings. The quantitative estimate of drug-likeness (QED) is 0.701. The van der Waals surface area contributed by atoms with Crippen LogP contribution in [-0.2, 0) is 0 Å². The highest BCUT2D eigenvalue weighted by atomic mass is 35.5. The third kappa shape index (κ3) is 1.47. The van der Waals surface area contributed by atoms with Gasteiger partial charge in [-0.1, -0.05) is 17.7 Å². The molecule has 0 aliphatic carbocycles. The molecular weight excluding hydrogens is 192 g/mol. The Bertz CT molecular complexity index is 372.